The number of rotatable bonds is 3. The molecule has 1 atom stereocenters. The van der Waals surface area contributed by atoms with E-state index in [0.717, 1.165) is 25.5 Å². The van der Waals surface area contributed by atoms with Crippen LogP contribution in [0.4, 0.5) is 0 Å². The first-order valence-electron chi connectivity index (χ1n) is 9.54. The summed E-state index contributed by atoms with van der Waals surface area (Å²) in [6, 6.07) is -0.302. The second-order valence-corrected chi connectivity index (χ2v) is 10.3. The van der Waals surface area contributed by atoms with Crippen LogP contribution in [0, 0.1) is 6.92 Å². The molecule has 1 amide bonds. The molecule has 11 heteroatoms. The van der Waals surface area contributed by atoms with E-state index in [-0.39, 0.29) is 24.1 Å². The fourth-order valence-corrected chi connectivity index (χ4v) is 5.50. The third kappa shape index (κ3) is 3.86. The summed E-state index contributed by atoms with van der Waals surface area (Å²) in [5, 5.41) is 0. The van der Waals surface area contributed by atoms with E-state index in [1.165, 1.54) is 15.6 Å². The van der Waals surface area contributed by atoms with Crippen LogP contribution in [0.15, 0.2) is 10.3 Å². The summed E-state index contributed by atoms with van der Waals surface area (Å²) in [7, 11) is -3.37. The molecular weight excluding hydrogens is 414 g/mol. The van der Waals surface area contributed by atoms with Crippen molar-refractivity contribution in [2.24, 2.45) is 0 Å². The molecule has 0 radical (unpaired) electrons. The summed E-state index contributed by atoms with van der Waals surface area (Å²) in [5.74, 6) is 0.398. The molecule has 4 rings (SSSR count). The lowest BCUT2D eigenvalue weighted by molar-refractivity contribution is 0.0603. The highest BCUT2D eigenvalue weighted by Crippen LogP contribution is 2.32. The van der Waals surface area contributed by atoms with Crippen molar-refractivity contribution >= 4 is 27.3 Å². The van der Waals surface area contributed by atoms with E-state index in [9.17, 15) is 18.0 Å². The number of nitrogens with one attached hydrogen (secondary N) is 1. The Labute approximate surface area is 172 Å². The molecule has 1 N–H and O–H groups in total. The summed E-state index contributed by atoms with van der Waals surface area (Å²) in [4.78, 5) is 39.9. The number of hydrogen-bond acceptors (Lipinski definition) is 7. The Morgan fingerprint density at radius 3 is 2.79 bits per heavy atom. The van der Waals surface area contributed by atoms with E-state index in [4.69, 9.17) is 0 Å². The number of amides is 1. The Bertz CT molecular complexity index is 1110. The summed E-state index contributed by atoms with van der Waals surface area (Å²) < 4.78 is 24.9. The van der Waals surface area contributed by atoms with Gasteiger partial charge in [0, 0.05) is 26.1 Å². The first-order chi connectivity index (χ1) is 13.8. The van der Waals surface area contributed by atoms with E-state index < -0.39 is 10.0 Å². The van der Waals surface area contributed by atoms with Crippen LogP contribution in [0.5, 0.6) is 0 Å². The number of carbonyl (C=O) groups excluding carboxylic acids is 1. The predicted octanol–water partition coefficient (Wildman–Crippen LogP) is 1.22. The predicted molar refractivity (Wildman–Crippen MR) is 108 cm³/mol. The third-order valence-electron chi connectivity index (χ3n) is 5.54. The van der Waals surface area contributed by atoms with Gasteiger partial charge in [-0.1, -0.05) is 0 Å². The van der Waals surface area contributed by atoms with E-state index in [1.807, 2.05) is 6.92 Å². The van der Waals surface area contributed by atoms with Crippen LogP contribution < -0.4 is 5.56 Å². The molecule has 0 aromatic carbocycles. The van der Waals surface area contributed by atoms with Gasteiger partial charge in [-0.2, -0.15) is 4.31 Å². The number of H-pyrrole nitrogens is 1. The number of aromatic nitrogens is 3. The maximum absolute atomic E-state index is 13.1. The van der Waals surface area contributed by atoms with Gasteiger partial charge in [0.15, 0.2) is 0 Å². The number of aryl methyl sites for hydroxylation is 1. The Kier molecular flexibility index (Phi) is 5.30. The number of likely N-dealkylation sites (tertiary alicyclic amines) is 1. The lowest BCUT2D eigenvalue weighted by Crippen LogP contribution is -2.42. The highest BCUT2D eigenvalue weighted by molar-refractivity contribution is 7.88. The van der Waals surface area contributed by atoms with Gasteiger partial charge in [0.05, 0.1) is 34.8 Å². The zero-order valence-corrected chi connectivity index (χ0v) is 18.0. The van der Waals surface area contributed by atoms with Crippen molar-refractivity contribution in [2.75, 3.05) is 19.3 Å². The summed E-state index contributed by atoms with van der Waals surface area (Å²) >= 11 is 1.32. The number of thiazole rings is 1. The molecule has 1 saturated heterocycles. The molecule has 156 valence electrons. The number of hydrogen-bond donors (Lipinski definition) is 1. The second-order valence-electron chi connectivity index (χ2n) is 7.50. The molecule has 29 heavy (non-hydrogen) atoms. The Morgan fingerprint density at radius 1 is 1.31 bits per heavy atom. The second kappa shape index (κ2) is 7.62. The fourth-order valence-electron chi connectivity index (χ4n) is 3.96. The van der Waals surface area contributed by atoms with Crippen molar-refractivity contribution in [1.29, 1.82) is 0 Å². The van der Waals surface area contributed by atoms with Gasteiger partial charge in [-0.3, -0.25) is 9.59 Å². The number of carbonyl (C=O) groups is 1. The van der Waals surface area contributed by atoms with Crippen molar-refractivity contribution in [2.45, 2.75) is 45.2 Å². The van der Waals surface area contributed by atoms with Gasteiger partial charge in [0.1, 0.15) is 10.7 Å². The van der Waals surface area contributed by atoms with E-state index >= 15 is 0 Å². The fraction of sp³-hybridized carbons (Fsp3) is 0.556. The molecule has 2 aromatic rings. The average molecular weight is 438 g/mol. The minimum atomic E-state index is -3.37. The molecule has 2 aliphatic rings. The first kappa shape index (κ1) is 20.2. The van der Waals surface area contributed by atoms with Crippen LogP contribution >= 0.6 is 11.3 Å². The van der Waals surface area contributed by atoms with Crippen LogP contribution in [0.2, 0.25) is 0 Å². The molecule has 9 nitrogen and oxygen atoms in total. The summed E-state index contributed by atoms with van der Waals surface area (Å²) in [6.07, 6.45) is 4.09. The molecule has 2 aromatic heterocycles. The highest BCUT2D eigenvalue weighted by Gasteiger charge is 2.33. The largest absolute Gasteiger partial charge is 0.328 e. The zero-order valence-electron chi connectivity index (χ0n) is 16.3. The van der Waals surface area contributed by atoms with Crippen molar-refractivity contribution in [3.05, 3.63) is 43.5 Å². The van der Waals surface area contributed by atoms with Crippen molar-refractivity contribution in [3.63, 3.8) is 0 Å². The first-order valence-corrected chi connectivity index (χ1v) is 12.3. The number of nitrogens with zero attached hydrogens (tertiary/aromatic N) is 4. The van der Waals surface area contributed by atoms with Gasteiger partial charge < -0.3 is 9.88 Å². The van der Waals surface area contributed by atoms with Gasteiger partial charge in [-0.05, 0) is 26.2 Å². The Balaban J connectivity index is 1.67. The van der Waals surface area contributed by atoms with Crippen molar-refractivity contribution < 1.29 is 13.2 Å². The molecule has 0 saturated carbocycles. The molecule has 0 spiro atoms. The molecule has 0 bridgehead atoms. The minimum Gasteiger partial charge on any atom is -0.328 e. The molecule has 2 aliphatic heterocycles. The zero-order chi connectivity index (χ0) is 20.8. The molecule has 1 fully saturated rings. The van der Waals surface area contributed by atoms with Gasteiger partial charge in [0.25, 0.3) is 11.5 Å². The van der Waals surface area contributed by atoms with E-state index in [1.54, 1.807) is 10.4 Å². The SMILES string of the molecule is Cc1ncsc1C(=O)N1CCCC[C@@H]1c1nc2c(c(=O)[nH]1)CN(S(C)(=O)=O)CC2. The van der Waals surface area contributed by atoms with Gasteiger partial charge in [-0.15, -0.1) is 11.3 Å². The Hall–Kier alpha value is -2.11. The van der Waals surface area contributed by atoms with Crippen LogP contribution in [0.3, 0.4) is 0 Å². The van der Waals surface area contributed by atoms with Crippen molar-refractivity contribution in [1.82, 2.24) is 24.2 Å². The van der Waals surface area contributed by atoms with Crippen LogP contribution in [0.25, 0.3) is 0 Å². The minimum absolute atomic E-state index is 0.0319. The lowest BCUT2D eigenvalue weighted by Gasteiger charge is -2.35. The standard InChI is InChI=1S/C18H23N5O4S2/c1-11-15(28-10-19-11)18(25)23-7-4-3-5-14(23)16-20-13-6-8-22(29(2,26)27)9-12(13)17(24)21-16/h10,14H,3-9H2,1-2H3,(H,20,21,24)/t14-/m1/s1. The number of sulfonamides is 1. The number of piperidine rings is 1. The highest BCUT2D eigenvalue weighted by atomic mass is 32.2. The van der Waals surface area contributed by atoms with Crippen LogP contribution in [-0.4, -0.2) is 57.8 Å². The van der Waals surface area contributed by atoms with Gasteiger partial charge >= 0.3 is 0 Å². The molecule has 4 heterocycles. The normalized spacial score (nSPS) is 20.5. The lowest BCUT2D eigenvalue weighted by atomic mass is 10.00. The maximum Gasteiger partial charge on any atom is 0.266 e. The summed E-state index contributed by atoms with van der Waals surface area (Å²) in [6.45, 7) is 2.75. The summed E-state index contributed by atoms with van der Waals surface area (Å²) in [5.41, 5.74) is 3.05. The van der Waals surface area contributed by atoms with Gasteiger partial charge in [-0.25, -0.2) is 18.4 Å². The van der Waals surface area contributed by atoms with E-state index in [2.05, 4.69) is 15.0 Å². The van der Waals surface area contributed by atoms with Crippen LogP contribution in [-0.2, 0) is 23.0 Å². The maximum atomic E-state index is 13.1. The quantitative estimate of drug-likeness (QED) is 0.772. The average Bonchev–Trinajstić information content (AvgIpc) is 3.12. The third-order valence-corrected chi connectivity index (χ3v) is 7.71. The monoisotopic (exact) mass is 437 g/mol. The van der Waals surface area contributed by atoms with Crippen LogP contribution in [0.1, 0.15) is 57.8 Å². The van der Waals surface area contributed by atoms with E-state index in [0.29, 0.717) is 47.2 Å². The number of aromatic amines is 1. The van der Waals surface area contributed by atoms with Crippen molar-refractivity contribution in [3.8, 4) is 0 Å². The smallest absolute Gasteiger partial charge is 0.266 e. The number of fused-ring (bicyclic) bond motifs is 1. The topological polar surface area (TPSA) is 116 Å². The molecular formula is C18H23N5O4S2. The molecule has 0 unspecified atom stereocenters. The Morgan fingerprint density at radius 2 is 2.10 bits per heavy atom. The van der Waals surface area contributed by atoms with Gasteiger partial charge in [0.2, 0.25) is 10.0 Å². The molecule has 0 aliphatic carbocycles.